The van der Waals surface area contributed by atoms with Crippen LogP contribution in [-0.2, 0) is 0 Å². The fourth-order valence-corrected chi connectivity index (χ4v) is 4.15. The summed E-state index contributed by atoms with van der Waals surface area (Å²) in [6.45, 7) is 2.02. The first kappa shape index (κ1) is 17.2. The summed E-state index contributed by atoms with van der Waals surface area (Å²) in [5.74, 6) is 1.51. The van der Waals surface area contributed by atoms with Crippen LogP contribution in [0.5, 0.6) is 0 Å². The molecule has 0 N–H and O–H groups in total. The van der Waals surface area contributed by atoms with Gasteiger partial charge in [-0.1, -0.05) is 11.6 Å². The lowest BCUT2D eigenvalue weighted by atomic mass is 9.95. The highest BCUT2D eigenvalue weighted by molar-refractivity contribution is 6.30. The Balaban J connectivity index is 1.49. The Morgan fingerprint density at radius 3 is 2.29 bits per heavy atom. The molecule has 1 fully saturated rings. The van der Waals surface area contributed by atoms with E-state index in [0.29, 0.717) is 5.92 Å². The molecule has 0 atom stereocenters. The lowest BCUT2D eigenvalue weighted by molar-refractivity contribution is 0.483. The van der Waals surface area contributed by atoms with Gasteiger partial charge >= 0.3 is 0 Å². The SMILES string of the molecule is Clc1ccc(-n2c(C3CCN(c4ccncc4)CC3)nc3ccncc32)cc1. The lowest BCUT2D eigenvalue weighted by Gasteiger charge is -2.33. The van der Waals surface area contributed by atoms with Crippen LogP contribution in [0.2, 0.25) is 5.02 Å². The molecule has 1 aromatic carbocycles. The Labute approximate surface area is 168 Å². The molecule has 140 valence electrons. The summed E-state index contributed by atoms with van der Waals surface area (Å²) in [5.41, 5.74) is 4.34. The van der Waals surface area contributed by atoms with Crippen LogP contribution >= 0.6 is 11.6 Å². The van der Waals surface area contributed by atoms with E-state index >= 15 is 0 Å². The molecule has 0 spiro atoms. The molecule has 6 heteroatoms. The van der Waals surface area contributed by atoms with Crippen LogP contribution in [0.25, 0.3) is 16.7 Å². The number of imidazole rings is 1. The number of hydrogen-bond donors (Lipinski definition) is 0. The number of rotatable bonds is 3. The average Bonchev–Trinajstić information content (AvgIpc) is 3.15. The van der Waals surface area contributed by atoms with Crippen LogP contribution in [-0.4, -0.2) is 32.6 Å². The Hall–Kier alpha value is -2.92. The molecule has 0 bridgehead atoms. The van der Waals surface area contributed by atoms with E-state index in [9.17, 15) is 0 Å². The smallest absolute Gasteiger partial charge is 0.117 e. The van der Waals surface area contributed by atoms with E-state index in [-0.39, 0.29) is 0 Å². The zero-order valence-corrected chi connectivity index (χ0v) is 16.1. The van der Waals surface area contributed by atoms with Crippen molar-refractivity contribution in [3.8, 4) is 5.69 Å². The van der Waals surface area contributed by atoms with Gasteiger partial charge in [0.15, 0.2) is 0 Å². The quantitative estimate of drug-likeness (QED) is 0.502. The van der Waals surface area contributed by atoms with Crippen LogP contribution in [0, 0.1) is 0 Å². The summed E-state index contributed by atoms with van der Waals surface area (Å²) >= 11 is 6.11. The molecule has 28 heavy (non-hydrogen) atoms. The van der Waals surface area contributed by atoms with Crippen molar-refractivity contribution in [3.05, 3.63) is 78.1 Å². The molecule has 0 radical (unpaired) electrons. The van der Waals surface area contributed by atoms with Gasteiger partial charge in [-0.25, -0.2) is 4.98 Å². The van der Waals surface area contributed by atoms with Gasteiger partial charge in [0.1, 0.15) is 5.82 Å². The zero-order valence-electron chi connectivity index (χ0n) is 15.4. The van der Waals surface area contributed by atoms with Crippen molar-refractivity contribution < 1.29 is 0 Å². The monoisotopic (exact) mass is 389 g/mol. The lowest BCUT2D eigenvalue weighted by Crippen LogP contribution is -2.33. The van der Waals surface area contributed by atoms with Gasteiger partial charge in [-0.15, -0.1) is 0 Å². The first-order valence-electron chi connectivity index (χ1n) is 9.53. The molecule has 0 saturated carbocycles. The third kappa shape index (κ3) is 3.12. The summed E-state index contributed by atoms with van der Waals surface area (Å²) in [4.78, 5) is 15.9. The molecule has 5 nitrogen and oxygen atoms in total. The summed E-state index contributed by atoms with van der Waals surface area (Å²) in [7, 11) is 0. The Kier molecular flexibility index (Phi) is 4.45. The van der Waals surface area contributed by atoms with E-state index in [0.717, 1.165) is 53.5 Å². The van der Waals surface area contributed by atoms with Gasteiger partial charge in [-0.2, -0.15) is 0 Å². The van der Waals surface area contributed by atoms with E-state index in [4.69, 9.17) is 16.6 Å². The van der Waals surface area contributed by atoms with Crippen LogP contribution in [0.3, 0.4) is 0 Å². The van der Waals surface area contributed by atoms with E-state index in [1.807, 2.05) is 48.9 Å². The van der Waals surface area contributed by atoms with E-state index in [2.05, 4.69) is 31.6 Å². The highest BCUT2D eigenvalue weighted by atomic mass is 35.5. The van der Waals surface area contributed by atoms with E-state index in [1.54, 1.807) is 6.20 Å². The number of hydrogen-bond acceptors (Lipinski definition) is 4. The Bertz CT molecular complexity index is 1080. The number of fused-ring (bicyclic) bond motifs is 1. The first-order chi connectivity index (χ1) is 13.8. The van der Waals surface area contributed by atoms with Crippen molar-refractivity contribution in [2.75, 3.05) is 18.0 Å². The average molecular weight is 390 g/mol. The number of piperidine rings is 1. The predicted molar refractivity (Wildman–Crippen MR) is 112 cm³/mol. The summed E-state index contributed by atoms with van der Waals surface area (Å²) in [6.07, 6.45) is 9.53. The van der Waals surface area contributed by atoms with E-state index in [1.165, 1.54) is 5.69 Å². The van der Waals surface area contributed by atoms with Crippen LogP contribution in [0.15, 0.2) is 67.3 Å². The number of nitrogens with zero attached hydrogens (tertiary/aromatic N) is 5. The molecular weight excluding hydrogens is 370 g/mol. The molecule has 5 rings (SSSR count). The third-order valence-electron chi connectivity index (χ3n) is 5.46. The maximum Gasteiger partial charge on any atom is 0.117 e. The maximum absolute atomic E-state index is 6.11. The van der Waals surface area contributed by atoms with Gasteiger partial charge in [0.2, 0.25) is 0 Å². The van der Waals surface area contributed by atoms with Gasteiger partial charge in [0, 0.05) is 54.0 Å². The molecule has 3 aromatic heterocycles. The topological polar surface area (TPSA) is 46.8 Å². The Morgan fingerprint density at radius 2 is 1.54 bits per heavy atom. The minimum Gasteiger partial charge on any atom is -0.371 e. The highest BCUT2D eigenvalue weighted by Gasteiger charge is 2.26. The second-order valence-electron chi connectivity index (χ2n) is 7.11. The molecular formula is C22H20ClN5. The van der Waals surface area contributed by atoms with Crippen molar-refractivity contribution in [2.24, 2.45) is 0 Å². The highest BCUT2D eigenvalue weighted by Crippen LogP contribution is 2.33. The molecule has 1 saturated heterocycles. The van der Waals surface area contributed by atoms with Crippen molar-refractivity contribution in [1.82, 2.24) is 19.5 Å². The summed E-state index contributed by atoms with van der Waals surface area (Å²) in [6, 6.07) is 14.1. The minimum absolute atomic E-state index is 0.404. The number of pyridine rings is 2. The summed E-state index contributed by atoms with van der Waals surface area (Å²) < 4.78 is 2.24. The standard InChI is InChI=1S/C22H20ClN5/c23-17-1-3-19(4-2-17)28-21-15-25-12-7-20(21)26-22(28)16-8-13-27(14-9-16)18-5-10-24-11-6-18/h1-7,10-12,15-16H,8-9,13-14H2. The van der Waals surface area contributed by atoms with Gasteiger partial charge < -0.3 is 4.90 Å². The van der Waals surface area contributed by atoms with Crippen LogP contribution in [0.4, 0.5) is 5.69 Å². The number of benzene rings is 1. The molecule has 0 aliphatic carbocycles. The molecule has 0 unspecified atom stereocenters. The predicted octanol–water partition coefficient (Wildman–Crippen LogP) is 4.85. The van der Waals surface area contributed by atoms with Crippen molar-refractivity contribution >= 4 is 28.3 Å². The van der Waals surface area contributed by atoms with Crippen LogP contribution < -0.4 is 4.90 Å². The largest absolute Gasteiger partial charge is 0.371 e. The van der Waals surface area contributed by atoms with Crippen molar-refractivity contribution in [3.63, 3.8) is 0 Å². The normalized spacial score (nSPS) is 15.2. The molecule has 4 heterocycles. The molecule has 1 aliphatic heterocycles. The van der Waals surface area contributed by atoms with Crippen molar-refractivity contribution in [1.29, 1.82) is 0 Å². The van der Waals surface area contributed by atoms with Gasteiger partial charge in [0.05, 0.1) is 17.2 Å². The zero-order chi connectivity index (χ0) is 18.9. The molecule has 1 aliphatic rings. The third-order valence-corrected chi connectivity index (χ3v) is 5.71. The number of anilines is 1. The van der Waals surface area contributed by atoms with Crippen LogP contribution in [0.1, 0.15) is 24.6 Å². The molecule has 4 aromatic rings. The minimum atomic E-state index is 0.404. The molecule has 0 amide bonds. The summed E-state index contributed by atoms with van der Waals surface area (Å²) in [5, 5.41) is 0.735. The number of halogens is 1. The maximum atomic E-state index is 6.11. The fourth-order valence-electron chi connectivity index (χ4n) is 4.03. The number of aromatic nitrogens is 4. The van der Waals surface area contributed by atoms with E-state index < -0.39 is 0 Å². The van der Waals surface area contributed by atoms with Gasteiger partial charge in [-0.05, 0) is 55.3 Å². The fraction of sp³-hybridized carbons (Fsp3) is 0.227. The first-order valence-corrected chi connectivity index (χ1v) is 9.91. The Morgan fingerprint density at radius 1 is 0.821 bits per heavy atom. The van der Waals surface area contributed by atoms with Gasteiger partial charge in [-0.3, -0.25) is 14.5 Å². The van der Waals surface area contributed by atoms with Crippen molar-refractivity contribution in [2.45, 2.75) is 18.8 Å². The van der Waals surface area contributed by atoms with Gasteiger partial charge in [0.25, 0.3) is 0 Å². The second-order valence-corrected chi connectivity index (χ2v) is 7.55. The second kappa shape index (κ2) is 7.24.